The Labute approximate surface area is 95.7 Å². The van der Waals surface area contributed by atoms with Crippen LogP contribution in [0.3, 0.4) is 0 Å². The summed E-state index contributed by atoms with van der Waals surface area (Å²) in [5, 5.41) is 0. The Morgan fingerprint density at radius 1 is 1.00 bits per heavy atom. The van der Waals surface area contributed by atoms with Crippen LogP contribution in [0.4, 0.5) is 0 Å². The van der Waals surface area contributed by atoms with E-state index in [2.05, 4.69) is 37.3 Å². The van der Waals surface area contributed by atoms with E-state index in [9.17, 15) is 0 Å². The van der Waals surface area contributed by atoms with Gasteiger partial charge >= 0.3 is 0 Å². The Bertz CT molecular complexity index is 529. The van der Waals surface area contributed by atoms with E-state index in [0.717, 1.165) is 24.3 Å². The fourth-order valence-corrected chi connectivity index (χ4v) is 2.16. The van der Waals surface area contributed by atoms with Gasteiger partial charge in [-0.25, -0.2) is 0 Å². The van der Waals surface area contributed by atoms with Gasteiger partial charge in [-0.2, -0.15) is 0 Å². The van der Waals surface area contributed by atoms with Crippen LogP contribution in [0, 0.1) is 0 Å². The second-order valence-corrected chi connectivity index (χ2v) is 4.18. The second-order valence-electron chi connectivity index (χ2n) is 4.18. The van der Waals surface area contributed by atoms with Crippen LogP contribution in [0.1, 0.15) is 23.6 Å². The molecule has 1 nitrogen and oxygen atoms in total. The molecule has 0 amide bonds. The predicted octanol–water partition coefficient (Wildman–Crippen LogP) is 3.95. The van der Waals surface area contributed by atoms with Crippen molar-refractivity contribution in [2.45, 2.75) is 19.8 Å². The van der Waals surface area contributed by atoms with Crippen LogP contribution >= 0.6 is 0 Å². The molecule has 0 saturated heterocycles. The highest BCUT2D eigenvalue weighted by Crippen LogP contribution is 2.36. The lowest BCUT2D eigenvalue weighted by Crippen LogP contribution is -2.03. The lowest BCUT2D eigenvalue weighted by atomic mass is 9.98. The minimum Gasteiger partial charge on any atom is -0.457 e. The first-order valence-corrected chi connectivity index (χ1v) is 5.74. The predicted molar refractivity (Wildman–Crippen MR) is 65.1 cm³/mol. The zero-order valence-corrected chi connectivity index (χ0v) is 9.36. The average Bonchev–Trinajstić information content (AvgIpc) is 2.35. The highest BCUT2D eigenvalue weighted by atomic mass is 16.5. The van der Waals surface area contributed by atoms with Crippen LogP contribution in [-0.4, -0.2) is 0 Å². The Morgan fingerprint density at radius 3 is 2.69 bits per heavy atom. The second kappa shape index (κ2) is 3.67. The maximum atomic E-state index is 5.88. The van der Waals surface area contributed by atoms with Gasteiger partial charge in [-0.05, 0) is 35.2 Å². The van der Waals surface area contributed by atoms with Crippen molar-refractivity contribution in [3.63, 3.8) is 0 Å². The van der Waals surface area contributed by atoms with Crippen LogP contribution in [0.2, 0.25) is 0 Å². The molecule has 0 bridgehead atoms. The van der Waals surface area contributed by atoms with Gasteiger partial charge in [0.05, 0.1) is 0 Å². The number of ether oxygens (including phenoxy) is 1. The molecule has 2 aromatic rings. The van der Waals surface area contributed by atoms with Gasteiger partial charge in [-0.15, -0.1) is 0 Å². The van der Waals surface area contributed by atoms with Crippen LogP contribution in [0.15, 0.2) is 42.5 Å². The Morgan fingerprint density at radius 2 is 1.81 bits per heavy atom. The van der Waals surface area contributed by atoms with Crippen LogP contribution < -0.4 is 4.74 Å². The lowest BCUT2D eigenvalue weighted by molar-refractivity contribution is 0.460. The summed E-state index contributed by atoms with van der Waals surface area (Å²) < 4.78 is 5.88. The molecule has 0 atom stereocenters. The van der Waals surface area contributed by atoms with Gasteiger partial charge in [0.2, 0.25) is 0 Å². The normalized spacial score (nSPS) is 12.6. The Hall–Kier alpha value is -1.76. The van der Waals surface area contributed by atoms with E-state index in [4.69, 9.17) is 4.74 Å². The molecule has 0 radical (unpaired) electrons. The highest BCUT2D eigenvalue weighted by Gasteiger charge is 2.15. The van der Waals surface area contributed by atoms with Crippen molar-refractivity contribution < 1.29 is 4.74 Å². The molecule has 0 aromatic heterocycles. The van der Waals surface area contributed by atoms with Crippen molar-refractivity contribution in [3.8, 4) is 11.5 Å². The number of benzene rings is 2. The summed E-state index contributed by atoms with van der Waals surface area (Å²) >= 11 is 0. The fraction of sp³-hybridized carbons (Fsp3) is 0.200. The third kappa shape index (κ3) is 1.49. The van der Waals surface area contributed by atoms with Crippen molar-refractivity contribution >= 4 is 0 Å². The standard InChI is InChI=1S/C15H14O/c1-2-11-7-8-15-13(9-11)10-12-5-3-4-6-14(12)16-15/h3-9H,2,10H2,1H3. The zero-order chi connectivity index (χ0) is 11.0. The lowest BCUT2D eigenvalue weighted by Gasteiger charge is -2.20. The number of rotatable bonds is 1. The first-order valence-electron chi connectivity index (χ1n) is 5.74. The van der Waals surface area contributed by atoms with Gasteiger partial charge in [0, 0.05) is 6.42 Å². The molecule has 0 unspecified atom stereocenters. The van der Waals surface area contributed by atoms with Gasteiger partial charge in [0.1, 0.15) is 11.5 Å². The highest BCUT2D eigenvalue weighted by molar-refractivity contribution is 5.50. The summed E-state index contributed by atoms with van der Waals surface area (Å²) in [7, 11) is 0. The maximum Gasteiger partial charge on any atom is 0.130 e. The monoisotopic (exact) mass is 210 g/mol. The van der Waals surface area contributed by atoms with Crippen molar-refractivity contribution in [3.05, 3.63) is 59.2 Å². The van der Waals surface area contributed by atoms with E-state index in [-0.39, 0.29) is 0 Å². The van der Waals surface area contributed by atoms with Gasteiger partial charge in [0.15, 0.2) is 0 Å². The van der Waals surface area contributed by atoms with Crippen LogP contribution in [0.5, 0.6) is 11.5 Å². The van der Waals surface area contributed by atoms with Crippen LogP contribution in [0.25, 0.3) is 0 Å². The molecule has 2 aromatic carbocycles. The Kier molecular flexibility index (Phi) is 2.17. The summed E-state index contributed by atoms with van der Waals surface area (Å²) in [5.74, 6) is 2.01. The molecule has 80 valence electrons. The van der Waals surface area contributed by atoms with E-state index in [0.29, 0.717) is 0 Å². The molecule has 3 rings (SSSR count). The number of hydrogen-bond donors (Lipinski definition) is 0. The number of para-hydroxylation sites is 1. The van der Waals surface area contributed by atoms with Crippen LogP contribution in [-0.2, 0) is 12.8 Å². The van der Waals surface area contributed by atoms with E-state index < -0.39 is 0 Å². The molecule has 0 aliphatic carbocycles. The van der Waals surface area contributed by atoms with E-state index in [1.54, 1.807) is 0 Å². The van der Waals surface area contributed by atoms with Gasteiger partial charge in [-0.1, -0.05) is 37.3 Å². The topological polar surface area (TPSA) is 9.23 Å². The summed E-state index contributed by atoms with van der Waals surface area (Å²) in [5.41, 5.74) is 3.96. The fourth-order valence-electron chi connectivity index (χ4n) is 2.16. The molecule has 1 heteroatoms. The van der Waals surface area contributed by atoms with Crippen molar-refractivity contribution in [1.29, 1.82) is 0 Å². The van der Waals surface area contributed by atoms with E-state index >= 15 is 0 Å². The largest absolute Gasteiger partial charge is 0.457 e. The van der Waals surface area contributed by atoms with Gasteiger partial charge in [-0.3, -0.25) is 0 Å². The van der Waals surface area contributed by atoms with E-state index in [1.165, 1.54) is 16.7 Å². The molecular weight excluding hydrogens is 196 g/mol. The molecule has 1 aliphatic rings. The molecule has 0 fully saturated rings. The Balaban J connectivity index is 2.05. The molecular formula is C15H14O. The zero-order valence-electron chi connectivity index (χ0n) is 9.36. The molecule has 1 heterocycles. The number of hydrogen-bond acceptors (Lipinski definition) is 1. The third-order valence-corrected chi connectivity index (χ3v) is 3.11. The average molecular weight is 210 g/mol. The van der Waals surface area contributed by atoms with Gasteiger partial charge < -0.3 is 4.74 Å². The smallest absolute Gasteiger partial charge is 0.130 e. The van der Waals surface area contributed by atoms with Crippen molar-refractivity contribution in [1.82, 2.24) is 0 Å². The van der Waals surface area contributed by atoms with Crippen molar-refractivity contribution in [2.75, 3.05) is 0 Å². The molecule has 16 heavy (non-hydrogen) atoms. The third-order valence-electron chi connectivity index (χ3n) is 3.11. The first kappa shape index (κ1) is 9.46. The number of fused-ring (bicyclic) bond motifs is 2. The number of aryl methyl sites for hydroxylation is 1. The molecule has 0 spiro atoms. The van der Waals surface area contributed by atoms with Crippen molar-refractivity contribution in [2.24, 2.45) is 0 Å². The summed E-state index contributed by atoms with van der Waals surface area (Å²) in [6.45, 7) is 2.18. The quantitative estimate of drug-likeness (QED) is 0.591. The molecule has 0 saturated carbocycles. The summed E-state index contributed by atoms with van der Waals surface area (Å²) in [6, 6.07) is 14.7. The summed E-state index contributed by atoms with van der Waals surface area (Å²) in [4.78, 5) is 0. The van der Waals surface area contributed by atoms with Gasteiger partial charge in [0.25, 0.3) is 0 Å². The minimum absolute atomic E-state index is 0.985. The minimum atomic E-state index is 0.985. The van der Waals surface area contributed by atoms with E-state index in [1.807, 2.05) is 12.1 Å². The summed E-state index contributed by atoms with van der Waals surface area (Å²) in [6.07, 6.45) is 2.06. The maximum absolute atomic E-state index is 5.88. The SMILES string of the molecule is CCc1ccc2c(c1)Cc1ccccc1O2. The first-order chi connectivity index (χ1) is 7.86. The molecule has 1 aliphatic heterocycles. The molecule has 0 N–H and O–H groups in total.